The number of hydrogen-bond acceptors (Lipinski definition) is 5. The first kappa shape index (κ1) is 14.1. The number of carbonyl (C=O) groups excluding carboxylic acids is 1. The molecule has 1 saturated heterocycles. The van der Waals surface area contributed by atoms with Crippen molar-refractivity contribution in [3.05, 3.63) is 4.88 Å². The molecule has 106 valence electrons. The Morgan fingerprint density at radius 2 is 2.26 bits per heavy atom. The Kier molecular flexibility index (Phi) is 3.71. The van der Waals surface area contributed by atoms with Gasteiger partial charge in [-0.25, -0.2) is 4.98 Å². The molecule has 1 aliphatic heterocycles. The van der Waals surface area contributed by atoms with Gasteiger partial charge in [-0.3, -0.25) is 4.79 Å². The number of aromatic nitrogens is 1. The normalized spacial score (nSPS) is 17.8. The molecule has 0 aromatic carbocycles. The predicted octanol–water partition coefficient (Wildman–Crippen LogP) is 2.05. The van der Waals surface area contributed by atoms with Crippen LogP contribution in [0.2, 0.25) is 0 Å². The highest BCUT2D eigenvalue weighted by atomic mass is 32.1. The Hall–Kier alpha value is -1.30. The van der Waals surface area contributed by atoms with Gasteiger partial charge in [0, 0.05) is 26.7 Å². The number of carbonyl (C=O) groups is 1. The Morgan fingerprint density at radius 3 is 2.79 bits per heavy atom. The quantitative estimate of drug-likeness (QED) is 0.921. The van der Waals surface area contributed by atoms with Crippen molar-refractivity contribution in [3.63, 3.8) is 0 Å². The largest absolute Gasteiger partial charge is 0.382 e. The van der Waals surface area contributed by atoms with Crippen molar-refractivity contribution >= 4 is 28.2 Å². The number of anilines is 2. The summed E-state index contributed by atoms with van der Waals surface area (Å²) >= 11 is 1.39. The maximum atomic E-state index is 12.5. The van der Waals surface area contributed by atoms with Crippen molar-refractivity contribution in [2.75, 3.05) is 37.3 Å². The number of thiazole rings is 1. The van der Waals surface area contributed by atoms with Gasteiger partial charge >= 0.3 is 0 Å². The predicted molar refractivity (Wildman–Crippen MR) is 79.8 cm³/mol. The number of nitrogen functional groups attached to an aromatic ring is 1. The van der Waals surface area contributed by atoms with Crippen molar-refractivity contribution < 1.29 is 4.79 Å². The van der Waals surface area contributed by atoms with E-state index in [0.29, 0.717) is 10.7 Å². The standard InChI is InChI=1S/C13H22N4OS/c1-5-16(4)12-15-10(14)9(19-12)11(18)17-7-6-13(2,3)8-17/h5-8,14H2,1-4H3. The number of nitrogens with zero attached hydrogens (tertiary/aromatic N) is 3. The summed E-state index contributed by atoms with van der Waals surface area (Å²) in [5.41, 5.74) is 6.10. The van der Waals surface area contributed by atoms with Crippen LogP contribution in [0.3, 0.4) is 0 Å². The minimum absolute atomic E-state index is 0.0244. The molecule has 1 aromatic heterocycles. The molecular weight excluding hydrogens is 260 g/mol. The number of likely N-dealkylation sites (tertiary alicyclic amines) is 1. The van der Waals surface area contributed by atoms with Crippen molar-refractivity contribution in [1.29, 1.82) is 0 Å². The zero-order valence-corrected chi connectivity index (χ0v) is 12.9. The highest BCUT2D eigenvalue weighted by Gasteiger charge is 2.34. The molecule has 0 unspecified atom stereocenters. The molecule has 0 aliphatic carbocycles. The fraction of sp³-hybridized carbons (Fsp3) is 0.692. The molecule has 0 radical (unpaired) electrons. The molecule has 1 amide bonds. The molecule has 1 fully saturated rings. The molecule has 6 heteroatoms. The Bertz CT molecular complexity index is 483. The van der Waals surface area contributed by atoms with Gasteiger partial charge in [-0.2, -0.15) is 0 Å². The topological polar surface area (TPSA) is 62.5 Å². The second-order valence-corrected chi connectivity index (χ2v) is 6.84. The number of hydrogen-bond donors (Lipinski definition) is 1. The third-order valence-electron chi connectivity index (χ3n) is 3.60. The third-order valence-corrected chi connectivity index (χ3v) is 4.78. The van der Waals surface area contributed by atoms with E-state index in [1.807, 2.05) is 23.8 Å². The van der Waals surface area contributed by atoms with E-state index in [-0.39, 0.29) is 11.3 Å². The summed E-state index contributed by atoms with van der Waals surface area (Å²) in [5.74, 6) is 0.381. The molecule has 0 bridgehead atoms. The highest BCUT2D eigenvalue weighted by Crippen LogP contribution is 2.33. The van der Waals surface area contributed by atoms with Crippen LogP contribution in [-0.4, -0.2) is 42.5 Å². The molecule has 2 N–H and O–H groups in total. The molecule has 1 aliphatic rings. The molecule has 5 nitrogen and oxygen atoms in total. The minimum Gasteiger partial charge on any atom is -0.382 e. The van der Waals surface area contributed by atoms with Gasteiger partial charge in [0.15, 0.2) is 5.13 Å². The third kappa shape index (κ3) is 2.83. The molecule has 2 heterocycles. The van der Waals surface area contributed by atoms with Crippen LogP contribution in [0.25, 0.3) is 0 Å². The molecule has 2 rings (SSSR count). The highest BCUT2D eigenvalue weighted by molar-refractivity contribution is 7.18. The van der Waals surface area contributed by atoms with E-state index in [1.54, 1.807) is 0 Å². The second kappa shape index (κ2) is 5.00. The van der Waals surface area contributed by atoms with Gasteiger partial charge < -0.3 is 15.5 Å². The Balaban J connectivity index is 2.18. The first-order chi connectivity index (χ1) is 8.84. The van der Waals surface area contributed by atoms with Gasteiger partial charge in [-0.15, -0.1) is 0 Å². The SMILES string of the molecule is CCN(C)c1nc(N)c(C(=O)N2CCC(C)(C)C2)s1. The summed E-state index contributed by atoms with van der Waals surface area (Å²) in [6.07, 6.45) is 1.04. The second-order valence-electron chi connectivity index (χ2n) is 5.87. The lowest BCUT2D eigenvalue weighted by molar-refractivity contribution is 0.0784. The summed E-state index contributed by atoms with van der Waals surface area (Å²) < 4.78 is 0. The van der Waals surface area contributed by atoms with Crippen molar-refractivity contribution in [2.45, 2.75) is 27.2 Å². The average Bonchev–Trinajstić information content (AvgIpc) is 2.90. The maximum absolute atomic E-state index is 12.5. The van der Waals surface area contributed by atoms with Crippen molar-refractivity contribution in [1.82, 2.24) is 9.88 Å². The van der Waals surface area contributed by atoms with Crippen LogP contribution in [-0.2, 0) is 0 Å². The maximum Gasteiger partial charge on any atom is 0.267 e. The molecular formula is C13H22N4OS. The van der Waals surface area contributed by atoms with Crippen LogP contribution >= 0.6 is 11.3 Å². The lowest BCUT2D eigenvalue weighted by Gasteiger charge is -2.19. The molecule has 0 atom stereocenters. The van der Waals surface area contributed by atoms with E-state index < -0.39 is 0 Å². The monoisotopic (exact) mass is 282 g/mol. The van der Waals surface area contributed by atoms with Gasteiger partial charge in [-0.1, -0.05) is 25.2 Å². The van der Waals surface area contributed by atoms with Crippen LogP contribution in [0.4, 0.5) is 10.9 Å². The molecule has 0 spiro atoms. The Labute approximate surface area is 118 Å². The first-order valence-corrected chi connectivity index (χ1v) is 7.42. The van der Waals surface area contributed by atoms with Gasteiger partial charge in [0.2, 0.25) is 0 Å². The van der Waals surface area contributed by atoms with Crippen LogP contribution in [0.15, 0.2) is 0 Å². The lowest BCUT2D eigenvalue weighted by Crippen LogP contribution is -2.30. The van der Waals surface area contributed by atoms with E-state index in [2.05, 4.69) is 18.8 Å². The van der Waals surface area contributed by atoms with Gasteiger partial charge in [0.05, 0.1) is 0 Å². The molecule has 0 saturated carbocycles. The van der Waals surface area contributed by atoms with Gasteiger partial charge in [0.1, 0.15) is 10.7 Å². The smallest absolute Gasteiger partial charge is 0.267 e. The first-order valence-electron chi connectivity index (χ1n) is 6.61. The fourth-order valence-electron chi connectivity index (χ4n) is 2.20. The average molecular weight is 282 g/mol. The summed E-state index contributed by atoms with van der Waals surface area (Å²) in [4.78, 5) is 21.2. The van der Waals surface area contributed by atoms with Crippen LogP contribution in [0.1, 0.15) is 36.9 Å². The van der Waals surface area contributed by atoms with E-state index >= 15 is 0 Å². The van der Waals surface area contributed by atoms with E-state index in [0.717, 1.165) is 31.2 Å². The summed E-state index contributed by atoms with van der Waals surface area (Å²) in [7, 11) is 1.95. The van der Waals surface area contributed by atoms with Crippen LogP contribution in [0.5, 0.6) is 0 Å². The summed E-state index contributed by atoms with van der Waals surface area (Å²) in [6.45, 7) is 8.86. The zero-order chi connectivity index (χ0) is 14.2. The Morgan fingerprint density at radius 1 is 1.58 bits per heavy atom. The number of rotatable bonds is 3. The van der Waals surface area contributed by atoms with Crippen molar-refractivity contribution in [3.8, 4) is 0 Å². The van der Waals surface area contributed by atoms with Gasteiger partial charge in [0.25, 0.3) is 5.91 Å². The summed E-state index contributed by atoms with van der Waals surface area (Å²) in [6, 6.07) is 0. The van der Waals surface area contributed by atoms with E-state index in [4.69, 9.17) is 5.73 Å². The fourth-order valence-corrected chi connectivity index (χ4v) is 3.18. The van der Waals surface area contributed by atoms with E-state index in [9.17, 15) is 4.79 Å². The zero-order valence-electron chi connectivity index (χ0n) is 12.1. The van der Waals surface area contributed by atoms with E-state index in [1.165, 1.54) is 11.3 Å². The van der Waals surface area contributed by atoms with Crippen LogP contribution < -0.4 is 10.6 Å². The van der Waals surface area contributed by atoms with Crippen molar-refractivity contribution in [2.24, 2.45) is 5.41 Å². The minimum atomic E-state index is 0.0244. The molecule has 19 heavy (non-hydrogen) atoms. The van der Waals surface area contributed by atoms with Crippen LogP contribution in [0, 0.1) is 5.41 Å². The lowest BCUT2D eigenvalue weighted by atomic mass is 9.93. The number of amides is 1. The number of nitrogens with two attached hydrogens (primary N) is 1. The summed E-state index contributed by atoms with van der Waals surface area (Å²) in [5, 5.41) is 0.807. The van der Waals surface area contributed by atoms with Gasteiger partial charge in [-0.05, 0) is 18.8 Å². The molecule has 1 aromatic rings.